The summed E-state index contributed by atoms with van der Waals surface area (Å²) in [4.78, 5) is 13.0. The van der Waals surface area contributed by atoms with Crippen molar-refractivity contribution in [2.24, 2.45) is 5.92 Å². The quantitative estimate of drug-likeness (QED) is 0.687. The van der Waals surface area contributed by atoms with Crippen LogP contribution in [0.3, 0.4) is 0 Å². The highest BCUT2D eigenvalue weighted by atomic mass is 28.4. The first-order chi connectivity index (χ1) is 12.5. The SMILES string of the molecule is C[C@@H](N[C@@H]1CCN(C(=O)O)C[C@@H]1CO[Si](C)(C)C(C)(C)C)c1ccccc1. The van der Waals surface area contributed by atoms with Gasteiger partial charge >= 0.3 is 6.09 Å². The second-order valence-corrected chi connectivity index (χ2v) is 14.1. The highest BCUT2D eigenvalue weighted by molar-refractivity contribution is 6.74. The van der Waals surface area contributed by atoms with E-state index in [-0.39, 0.29) is 23.0 Å². The number of rotatable bonds is 6. The predicted octanol–water partition coefficient (Wildman–Crippen LogP) is 4.73. The van der Waals surface area contributed by atoms with Crippen molar-refractivity contribution in [2.75, 3.05) is 19.7 Å². The van der Waals surface area contributed by atoms with Gasteiger partial charge in [-0.1, -0.05) is 51.1 Å². The second-order valence-electron chi connectivity index (χ2n) is 9.25. The van der Waals surface area contributed by atoms with E-state index in [1.54, 1.807) is 0 Å². The Hall–Kier alpha value is -1.37. The highest BCUT2D eigenvalue weighted by Gasteiger charge is 2.39. The van der Waals surface area contributed by atoms with Crippen LogP contribution < -0.4 is 5.32 Å². The first-order valence-corrected chi connectivity index (χ1v) is 12.8. The maximum atomic E-state index is 11.5. The van der Waals surface area contributed by atoms with Gasteiger partial charge in [0.05, 0.1) is 0 Å². The molecule has 2 N–H and O–H groups in total. The molecule has 6 heteroatoms. The Bertz CT molecular complexity index is 616. The lowest BCUT2D eigenvalue weighted by Crippen LogP contribution is -2.54. The summed E-state index contributed by atoms with van der Waals surface area (Å²) < 4.78 is 6.46. The van der Waals surface area contributed by atoms with Gasteiger partial charge in [0.25, 0.3) is 0 Å². The molecule has 152 valence electrons. The first-order valence-electron chi connectivity index (χ1n) is 9.94. The Kier molecular flexibility index (Phi) is 7.11. The molecular weight excluding hydrogens is 356 g/mol. The van der Waals surface area contributed by atoms with Crippen LogP contribution in [-0.2, 0) is 4.43 Å². The largest absolute Gasteiger partial charge is 0.465 e. The molecule has 1 amide bonds. The van der Waals surface area contributed by atoms with E-state index in [0.717, 1.165) is 6.42 Å². The molecule has 1 aromatic rings. The fourth-order valence-corrected chi connectivity index (χ4v) is 4.35. The van der Waals surface area contributed by atoms with Crippen molar-refractivity contribution < 1.29 is 14.3 Å². The Labute approximate surface area is 165 Å². The number of nitrogens with zero attached hydrogens (tertiary/aromatic N) is 1. The summed E-state index contributed by atoms with van der Waals surface area (Å²) in [6, 6.07) is 10.9. The molecule has 0 spiro atoms. The van der Waals surface area contributed by atoms with Gasteiger partial charge < -0.3 is 19.7 Å². The molecule has 1 heterocycles. The fourth-order valence-electron chi connectivity index (χ4n) is 3.29. The molecule has 1 saturated heterocycles. The number of piperidine rings is 1. The number of hydrogen-bond donors (Lipinski definition) is 2. The van der Waals surface area contributed by atoms with Gasteiger partial charge in [0, 0.05) is 37.7 Å². The van der Waals surface area contributed by atoms with Crippen LogP contribution in [0.4, 0.5) is 4.79 Å². The minimum Gasteiger partial charge on any atom is -0.465 e. The molecule has 0 bridgehead atoms. The Morgan fingerprint density at radius 2 is 1.96 bits per heavy atom. The number of carbonyl (C=O) groups is 1. The summed E-state index contributed by atoms with van der Waals surface area (Å²) in [6.45, 7) is 15.1. The summed E-state index contributed by atoms with van der Waals surface area (Å²) in [5.41, 5.74) is 1.25. The maximum absolute atomic E-state index is 11.5. The molecule has 0 aromatic heterocycles. The molecule has 1 aromatic carbocycles. The molecule has 27 heavy (non-hydrogen) atoms. The minimum atomic E-state index is -1.87. The number of likely N-dealkylation sites (tertiary alicyclic amines) is 1. The Balaban J connectivity index is 2.08. The molecule has 0 aliphatic carbocycles. The molecule has 1 aliphatic heterocycles. The highest BCUT2D eigenvalue weighted by Crippen LogP contribution is 2.37. The van der Waals surface area contributed by atoms with Crippen LogP contribution in [0.2, 0.25) is 18.1 Å². The molecule has 1 fully saturated rings. The van der Waals surface area contributed by atoms with E-state index >= 15 is 0 Å². The average Bonchev–Trinajstić information content (AvgIpc) is 2.60. The third-order valence-electron chi connectivity index (χ3n) is 6.23. The molecule has 2 rings (SSSR count). The normalized spacial score (nSPS) is 22.5. The van der Waals surface area contributed by atoms with Crippen molar-refractivity contribution in [3.63, 3.8) is 0 Å². The maximum Gasteiger partial charge on any atom is 0.407 e. The van der Waals surface area contributed by atoms with E-state index in [1.165, 1.54) is 10.5 Å². The molecule has 1 aliphatic rings. The van der Waals surface area contributed by atoms with Crippen LogP contribution in [0.1, 0.15) is 45.7 Å². The van der Waals surface area contributed by atoms with Crippen molar-refractivity contribution >= 4 is 14.4 Å². The van der Waals surface area contributed by atoms with Crippen molar-refractivity contribution in [3.05, 3.63) is 35.9 Å². The molecule has 5 nitrogen and oxygen atoms in total. The van der Waals surface area contributed by atoms with Crippen LogP contribution in [0.15, 0.2) is 30.3 Å². The zero-order chi connectivity index (χ0) is 20.2. The number of amides is 1. The lowest BCUT2D eigenvalue weighted by molar-refractivity contribution is 0.0802. The standard InChI is InChI=1S/C21H36N2O3Si/c1-16(17-10-8-7-9-11-17)22-19-12-13-23(20(24)25)14-18(19)15-26-27(5,6)21(2,3)4/h7-11,16,18-19,22H,12-15H2,1-6H3,(H,24,25)/t16-,18-,19-/m1/s1. The Morgan fingerprint density at radius 3 is 2.52 bits per heavy atom. The number of hydrogen-bond acceptors (Lipinski definition) is 3. The first kappa shape index (κ1) is 21.9. The summed E-state index contributed by atoms with van der Waals surface area (Å²) in [6.07, 6.45) is -0.0171. The van der Waals surface area contributed by atoms with E-state index in [1.807, 2.05) is 6.07 Å². The van der Waals surface area contributed by atoms with Gasteiger partial charge in [0.1, 0.15) is 0 Å². The second kappa shape index (κ2) is 8.75. The third kappa shape index (κ3) is 5.80. The van der Waals surface area contributed by atoms with Crippen LogP contribution in [0.5, 0.6) is 0 Å². The van der Waals surface area contributed by atoms with E-state index in [2.05, 4.69) is 70.4 Å². The van der Waals surface area contributed by atoms with Crippen LogP contribution in [-0.4, -0.2) is 50.2 Å². The summed E-state index contributed by atoms with van der Waals surface area (Å²) in [5, 5.41) is 13.3. The predicted molar refractivity (Wildman–Crippen MR) is 113 cm³/mol. The molecular formula is C21H36N2O3Si. The topological polar surface area (TPSA) is 61.8 Å². The Morgan fingerprint density at radius 1 is 1.33 bits per heavy atom. The smallest absolute Gasteiger partial charge is 0.407 e. The fraction of sp³-hybridized carbons (Fsp3) is 0.667. The zero-order valence-corrected chi connectivity index (χ0v) is 18.7. The minimum absolute atomic E-state index is 0.147. The van der Waals surface area contributed by atoms with Crippen LogP contribution >= 0.6 is 0 Å². The van der Waals surface area contributed by atoms with Gasteiger partial charge in [0.2, 0.25) is 0 Å². The third-order valence-corrected chi connectivity index (χ3v) is 10.7. The summed E-state index contributed by atoms with van der Waals surface area (Å²) in [7, 11) is -1.87. The van der Waals surface area contributed by atoms with E-state index in [0.29, 0.717) is 19.7 Å². The molecule has 0 radical (unpaired) electrons. The van der Waals surface area contributed by atoms with Crippen molar-refractivity contribution in [1.29, 1.82) is 0 Å². The molecule has 3 atom stereocenters. The molecule has 0 saturated carbocycles. The van der Waals surface area contributed by atoms with E-state index in [9.17, 15) is 9.90 Å². The lowest BCUT2D eigenvalue weighted by atomic mass is 9.91. The van der Waals surface area contributed by atoms with Gasteiger partial charge in [0.15, 0.2) is 8.32 Å². The van der Waals surface area contributed by atoms with Crippen molar-refractivity contribution in [2.45, 2.75) is 64.3 Å². The monoisotopic (exact) mass is 392 g/mol. The lowest BCUT2D eigenvalue weighted by Gasteiger charge is -2.42. The van der Waals surface area contributed by atoms with Gasteiger partial charge in [-0.15, -0.1) is 0 Å². The van der Waals surface area contributed by atoms with E-state index < -0.39 is 14.4 Å². The molecule has 0 unspecified atom stereocenters. The number of nitrogens with one attached hydrogen (secondary N) is 1. The van der Waals surface area contributed by atoms with Gasteiger partial charge in [-0.3, -0.25) is 0 Å². The van der Waals surface area contributed by atoms with Crippen LogP contribution in [0, 0.1) is 5.92 Å². The average molecular weight is 393 g/mol. The van der Waals surface area contributed by atoms with Gasteiger partial charge in [-0.2, -0.15) is 0 Å². The van der Waals surface area contributed by atoms with Gasteiger partial charge in [-0.05, 0) is 37.0 Å². The van der Waals surface area contributed by atoms with E-state index in [4.69, 9.17) is 4.43 Å². The van der Waals surface area contributed by atoms with Crippen molar-refractivity contribution in [1.82, 2.24) is 10.2 Å². The number of carboxylic acid groups (broad SMARTS) is 1. The zero-order valence-electron chi connectivity index (χ0n) is 17.7. The van der Waals surface area contributed by atoms with Gasteiger partial charge in [-0.25, -0.2) is 4.79 Å². The summed E-state index contributed by atoms with van der Waals surface area (Å²) in [5.74, 6) is 0.162. The van der Waals surface area contributed by atoms with Crippen LogP contribution in [0.25, 0.3) is 0 Å². The number of benzene rings is 1. The van der Waals surface area contributed by atoms with Crippen molar-refractivity contribution in [3.8, 4) is 0 Å². The summed E-state index contributed by atoms with van der Waals surface area (Å²) >= 11 is 0.